The topological polar surface area (TPSA) is 91.4 Å². The van der Waals surface area contributed by atoms with Crippen LogP contribution in [0.1, 0.15) is 39.5 Å². The summed E-state index contributed by atoms with van der Waals surface area (Å²) in [6.45, 7) is 4.40. The smallest absolute Gasteiger partial charge is 0.245 e. The fourth-order valence-electron chi connectivity index (χ4n) is 2.62. The van der Waals surface area contributed by atoms with Gasteiger partial charge in [0.15, 0.2) is 5.13 Å². The van der Waals surface area contributed by atoms with Crippen molar-refractivity contribution < 1.29 is 14.4 Å². The minimum absolute atomic E-state index is 0.0918. The lowest BCUT2D eigenvalue weighted by Gasteiger charge is -2.35. The molecule has 0 bridgehead atoms. The zero-order chi connectivity index (χ0) is 16.8. The number of carbonyl (C=O) groups is 3. The van der Waals surface area contributed by atoms with Crippen molar-refractivity contribution in [1.82, 2.24) is 15.2 Å². The van der Waals surface area contributed by atoms with Crippen LogP contribution < -0.4 is 10.6 Å². The van der Waals surface area contributed by atoms with E-state index >= 15 is 0 Å². The molecule has 1 saturated heterocycles. The first-order valence-corrected chi connectivity index (χ1v) is 8.64. The van der Waals surface area contributed by atoms with Crippen molar-refractivity contribution in [3.05, 3.63) is 11.6 Å². The average Bonchev–Trinajstić information content (AvgIpc) is 2.99. The van der Waals surface area contributed by atoms with Crippen molar-refractivity contribution in [3.63, 3.8) is 0 Å². The number of nitrogens with one attached hydrogen (secondary N) is 2. The number of anilines is 1. The van der Waals surface area contributed by atoms with Crippen LogP contribution in [0.2, 0.25) is 0 Å². The molecular weight excluding hydrogens is 316 g/mol. The third kappa shape index (κ3) is 5.02. The molecule has 0 saturated carbocycles. The van der Waals surface area contributed by atoms with E-state index in [1.54, 1.807) is 18.5 Å². The second kappa shape index (κ2) is 8.05. The summed E-state index contributed by atoms with van der Waals surface area (Å²) in [5.74, 6) is -1.00. The zero-order valence-corrected chi connectivity index (χ0v) is 14.2. The molecular formula is C15H22N4O3S. The summed E-state index contributed by atoms with van der Waals surface area (Å²) in [4.78, 5) is 41.7. The molecule has 1 aliphatic rings. The van der Waals surface area contributed by atoms with Crippen LogP contribution in [0.5, 0.6) is 0 Å². The summed E-state index contributed by atoms with van der Waals surface area (Å²) >= 11 is 1.28. The molecule has 0 aliphatic carbocycles. The molecule has 1 aliphatic heterocycles. The van der Waals surface area contributed by atoms with Gasteiger partial charge in [0.2, 0.25) is 17.7 Å². The second-order valence-corrected chi connectivity index (χ2v) is 6.62. The second-order valence-electron chi connectivity index (χ2n) is 5.73. The van der Waals surface area contributed by atoms with Crippen molar-refractivity contribution in [1.29, 1.82) is 0 Å². The molecule has 0 unspecified atom stereocenters. The maximum atomic E-state index is 12.4. The van der Waals surface area contributed by atoms with Gasteiger partial charge in [0.25, 0.3) is 0 Å². The highest BCUT2D eigenvalue weighted by Gasteiger charge is 2.28. The van der Waals surface area contributed by atoms with Crippen molar-refractivity contribution in [2.24, 2.45) is 0 Å². The van der Waals surface area contributed by atoms with Crippen molar-refractivity contribution >= 4 is 34.2 Å². The quantitative estimate of drug-likeness (QED) is 0.794. The van der Waals surface area contributed by atoms with Crippen molar-refractivity contribution in [2.45, 2.75) is 51.6 Å². The lowest BCUT2D eigenvalue weighted by molar-refractivity contribution is -0.139. The van der Waals surface area contributed by atoms with Crippen LogP contribution in [0.3, 0.4) is 0 Å². The van der Waals surface area contributed by atoms with Crippen LogP contribution in [0, 0.1) is 0 Å². The molecule has 23 heavy (non-hydrogen) atoms. The van der Waals surface area contributed by atoms with Gasteiger partial charge >= 0.3 is 0 Å². The monoisotopic (exact) mass is 338 g/mol. The molecule has 0 radical (unpaired) electrons. The van der Waals surface area contributed by atoms with Crippen LogP contribution in [0.15, 0.2) is 11.6 Å². The molecule has 2 rings (SSSR count). The lowest BCUT2D eigenvalue weighted by Crippen LogP contribution is -2.51. The Morgan fingerprint density at radius 3 is 2.83 bits per heavy atom. The maximum Gasteiger partial charge on any atom is 0.245 e. The van der Waals surface area contributed by atoms with Crippen molar-refractivity contribution in [3.8, 4) is 0 Å². The van der Waals surface area contributed by atoms with Gasteiger partial charge in [0.05, 0.1) is 0 Å². The summed E-state index contributed by atoms with van der Waals surface area (Å²) in [5, 5.41) is 7.32. The first-order valence-electron chi connectivity index (χ1n) is 7.76. The number of rotatable bonds is 5. The first kappa shape index (κ1) is 17.4. The Labute approximate surface area is 139 Å². The van der Waals surface area contributed by atoms with E-state index in [1.165, 1.54) is 11.3 Å². The number of thiazole rings is 1. The zero-order valence-electron chi connectivity index (χ0n) is 13.4. The molecule has 2 heterocycles. The normalized spacial score (nSPS) is 19.0. The highest BCUT2D eigenvalue weighted by Crippen LogP contribution is 2.17. The van der Waals surface area contributed by atoms with Gasteiger partial charge < -0.3 is 15.5 Å². The number of hydrogen-bond donors (Lipinski definition) is 2. The van der Waals surface area contributed by atoms with Gasteiger partial charge in [-0.15, -0.1) is 11.3 Å². The standard InChI is InChI=1S/C15H22N4O3S/c1-10-5-3-4-7-19(10)14(22)11(2)17-12(20)9-13(21)18-15-16-6-8-23-15/h6,8,10-11H,3-5,7,9H2,1-2H3,(H,17,20)(H,16,18,21)/t10-,11-/m1/s1. The minimum atomic E-state index is -0.629. The molecule has 1 aromatic rings. The molecule has 126 valence electrons. The van der Waals surface area contributed by atoms with E-state index < -0.39 is 17.9 Å². The Balaban J connectivity index is 1.79. The van der Waals surface area contributed by atoms with Gasteiger partial charge in [-0.05, 0) is 33.1 Å². The highest BCUT2D eigenvalue weighted by atomic mass is 32.1. The molecule has 0 spiro atoms. The predicted octanol–water partition coefficient (Wildman–Crippen LogP) is 1.38. The van der Waals surface area contributed by atoms with Gasteiger partial charge in [-0.25, -0.2) is 4.98 Å². The Kier molecular flexibility index (Phi) is 6.09. The maximum absolute atomic E-state index is 12.4. The Morgan fingerprint density at radius 2 is 2.17 bits per heavy atom. The number of nitrogens with zero attached hydrogens (tertiary/aromatic N) is 2. The summed E-state index contributed by atoms with van der Waals surface area (Å²) in [5.41, 5.74) is 0. The molecule has 1 fully saturated rings. The summed E-state index contributed by atoms with van der Waals surface area (Å²) in [7, 11) is 0. The van der Waals surface area contributed by atoms with Crippen LogP contribution in [0.4, 0.5) is 5.13 Å². The Morgan fingerprint density at radius 1 is 1.39 bits per heavy atom. The van der Waals surface area contributed by atoms with E-state index in [1.807, 2.05) is 11.8 Å². The van der Waals surface area contributed by atoms with E-state index in [-0.39, 0.29) is 18.4 Å². The largest absolute Gasteiger partial charge is 0.344 e. The average molecular weight is 338 g/mol. The van der Waals surface area contributed by atoms with Crippen LogP contribution in [-0.2, 0) is 14.4 Å². The molecule has 8 heteroatoms. The van der Waals surface area contributed by atoms with Gasteiger partial charge in [0.1, 0.15) is 12.5 Å². The third-order valence-electron chi connectivity index (χ3n) is 3.83. The Bertz CT molecular complexity index is 561. The Hall–Kier alpha value is -1.96. The number of hydrogen-bond acceptors (Lipinski definition) is 5. The SMILES string of the molecule is C[C@@H]1CCCCN1C(=O)[C@@H](C)NC(=O)CC(=O)Nc1nccs1. The van der Waals surface area contributed by atoms with E-state index in [0.717, 1.165) is 25.8 Å². The lowest BCUT2D eigenvalue weighted by atomic mass is 10.0. The van der Waals surface area contributed by atoms with E-state index in [9.17, 15) is 14.4 Å². The number of aromatic nitrogens is 1. The van der Waals surface area contributed by atoms with Crippen LogP contribution in [0.25, 0.3) is 0 Å². The van der Waals surface area contributed by atoms with Crippen LogP contribution in [-0.4, -0.2) is 46.2 Å². The molecule has 2 atom stereocenters. The predicted molar refractivity (Wildman–Crippen MR) is 88.0 cm³/mol. The van der Waals surface area contributed by atoms with Gasteiger partial charge in [-0.2, -0.15) is 0 Å². The molecule has 7 nitrogen and oxygen atoms in total. The number of carbonyl (C=O) groups excluding carboxylic acids is 3. The fourth-order valence-corrected chi connectivity index (χ4v) is 3.17. The number of piperidine rings is 1. The first-order chi connectivity index (χ1) is 11.0. The molecule has 2 N–H and O–H groups in total. The number of amides is 3. The highest BCUT2D eigenvalue weighted by molar-refractivity contribution is 7.13. The van der Waals surface area contributed by atoms with Crippen molar-refractivity contribution in [2.75, 3.05) is 11.9 Å². The summed E-state index contributed by atoms with van der Waals surface area (Å²) in [6.07, 6.45) is 4.35. The third-order valence-corrected chi connectivity index (χ3v) is 4.52. The van der Waals surface area contributed by atoms with E-state index in [0.29, 0.717) is 5.13 Å². The van der Waals surface area contributed by atoms with Gasteiger partial charge in [-0.3, -0.25) is 14.4 Å². The number of likely N-dealkylation sites (tertiary alicyclic amines) is 1. The van der Waals surface area contributed by atoms with Crippen LogP contribution >= 0.6 is 11.3 Å². The van der Waals surface area contributed by atoms with E-state index in [4.69, 9.17) is 0 Å². The molecule has 0 aromatic carbocycles. The van der Waals surface area contributed by atoms with E-state index in [2.05, 4.69) is 15.6 Å². The minimum Gasteiger partial charge on any atom is -0.344 e. The molecule has 1 aromatic heterocycles. The molecule has 3 amide bonds. The summed E-state index contributed by atoms with van der Waals surface area (Å²) < 4.78 is 0. The fraction of sp³-hybridized carbons (Fsp3) is 0.600. The summed E-state index contributed by atoms with van der Waals surface area (Å²) in [6, 6.07) is -0.431. The van der Waals surface area contributed by atoms with Gasteiger partial charge in [0, 0.05) is 24.2 Å². The van der Waals surface area contributed by atoms with Gasteiger partial charge in [-0.1, -0.05) is 0 Å².